The van der Waals surface area contributed by atoms with E-state index in [1.165, 1.54) is 4.90 Å². The number of likely N-dealkylation sites (N-methyl/N-ethyl adjacent to an activating group) is 1. The Labute approximate surface area is 158 Å². The van der Waals surface area contributed by atoms with Crippen LogP contribution in [0.4, 0.5) is 4.79 Å². The van der Waals surface area contributed by atoms with Gasteiger partial charge in [-0.15, -0.1) is 0 Å². The monoisotopic (exact) mass is 374 g/mol. The third-order valence-corrected chi connectivity index (χ3v) is 6.17. The minimum Gasteiger partial charge on any atom is -0.348 e. The molecule has 1 atom stereocenters. The Kier molecular flexibility index (Phi) is 4.32. The molecule has 1 spiro atoms. The number of carbonyl (C=O) groups is 3. The Morgan fingerprint density at radius 1 is 1.30 bits per heavy atom. The van der Waals surface area contributed by atoms with Gasteiger partial charge in [0.15, 0.2) is 0 Å². The number of urea groups is 1. The topological polar surface area (TPSA) is 102 Å². The normalized spacial score (nSPS) is 24.1. The zero-order valence-corrected chi connectivity index (χ0v) is 15.8. The van der Waals surface area contributed by atoms with Crippen molar-refractivity contribution in [2.75, 3.05) is 33.2 Å². The van der Waals surface area contributed by atoms with Crippen LogP contribution in [0.2, 0.25) is 0 Å². The summed E-state index contributed by atoms with van der Waals surface area (Å²) in [4.78, 5) is 50.2. The van der Waals surface area contributed by atoms with Gasteiger partial charge < -0.3 is 25.0 Å². The summed E-state index contributed by atoms with van der Waals surface area (Å²) in [7, 11) is 1.68. The first-order chi connectivity index (χ1) is 13.0. The number of hydrogen-bond donors (Lipinski definition) is 2. The van der Waals surface area contributed by atoms with Crippen molar-refractivity contribution < 1.29 is 14.4 Å². The lowest BCUT2D eigenvalue weighted by Crippen LogP contribution is -2.60. The van der Waals surface area contributed by atoms with Crippen LogP contribution in [-0.4, -0.2) is 81.8 Å². The minimum absolute atomic E-state index is 0.0472. The van der Waals surface area contributed by atoms with Gasteiger partial charge in [-0.25, -0.2) is 9.78 Å². The lowest BCUT2D eigenvalue weighted by molar-refractivity contribution is -0.144. The number of H-pyrrole nitrogens is 1. The summed E-state index contributed by atoms with van der Waals surface area (Å²) < 4.78 is 0. The summed E-state index contributed by atoms with van der Waals surface area (Å²) in [6.45, 7) is 4.06. The van der Waals surface area contributed by atoms with Crippen molar-refractivity contribution in [1.82, 2.24) is 30.0 Å². The quantitative estimate of drug-likeness (QED) is 0.763. The van der Waals surface area contributed by atoms with Gasteiger partial charge in [0.05, 0.1) is 24.1 Å². The van der Waals surface area contributed by atoms with Crippen molar-refractivity contribution in [3.8, 4) is 0 Å². The van der Waals surface area contributed by atoms with Gasteiger partial charge in [-0.2, -0.15) is 0 Å². The molecule has 0 unspecified atom stereocenters. The van der Waals surface area contributed by atoms with Crippen LogP contribution in [0.3, 0.4) is 0 Å². The molecule has 2 fully saturated rings. The smallest absolute Gasteiger partial charge is 0.317 e. The predicted octanol–water partition coefficient (Wildman–Crippen LogP) is 0.0457. The van der Waals surface area contributed by atoms with Gasteiger partial charge in [-0.05, 0) is 12.8 Å². The fourth-order valence-corrected chi connectivity index (χ4v) is 4.66. The average Bonchev–Trinajstić information content (AvgIpc) is 3.29. The number of piperidine rings is 1. The highest BCUT2D eigenvalue weighted by atomic mass is 16.2. The van der Waals surface area contributed by atoms with Crippen molar-refractivity contribution >= 4 is 17.8 Å². The van der Waals surface area contributed by atoms with Crippen LogP contribution in [0.5, 0.6) is 0 Å². The highest BCUT2D eigenvalue weighted by molar-refractivity contribution is 5.90. The molecule has 0 radical (unpaired) electrons. The minimum atomic E-state index is -0.489. The van der Waals surface area contributed by atoms with E-state index in [1.54, 1.807) is 13.4 Å². The SMILES string of the molecule is CCC(=O)N1CCc2[nH]cnc2C12CCN(C(=O)[C@H]1CN(C)C(=O)N1)CC2. The highest BCUT2D eigenvalue weighted by Gasteiger charge is 2.49. The maximum absolute atomic E-state index is 12.8. The predicted molar refractivity (Wildman–Crippen MR) is 96.7 cm³/mol. The Morgan fingerprint density at radius 2 is 2.04 bits per heavy atom. The van der Waals surface area contributed by atoms with Crippen LogP contribution in [0.1, 0.15) is 37.6 Å². The summed E-state index contributed by atoms with van der Waals surface area (Å²) in [5, 5.41) is 2.73. The molecule has 3 aliphatic rings. The van der Waals surface area contributed by atoms with E-state index >= 15 is 0 Å². The number of fused-ring (bicyclic) bond motifs is 2. The summed E-state index contributed by atoms with van der Waals surface area (Å²) in [5.41, 5.74) is 1.61. The van der Waals surface area contributed by atoms with E-state index in [0.29, 0.717) is 45.4 Å². The molecule has 1 aromatic rings. The second-order valence-corrected chi connectivity index (χ2v) is 7.62. The van der Waals surface area contributed by atoms with E-state index in [9.17, 15) is 14.4 Å². The number of nitrogens with one attached hydrogen (secondary N) is 2. The third-order valence-electron chi connectivity index (χ3n) is 6.17. The van der Waals surface area contributed by atoms with Gasteiger partial charge in [-0.1, -0.05) is 6.92 Å². The van der Waals surface area contributed by atoms with Crippen LogP contribution in [0.15, 0.2) is 6.33 Å². The summed E-state index contributed by atoms with van der Waals surface area (Å²) in [6, 6.07) is -0.702. The summed E-state index contributed by atoms with van der Waals surface area (Å²) >= 11 is 0. The number of aromatic nitrogens is 2. The second-order valence-electron chi connectivity index (χ2n) is 7.62. The van der Waals surface area contributed by atoms with Gasteiger partial charge in [0.1, 0.15) is 6.04 Å². The molecule has 4 heterocycles. The van der Waals surface area contributed by atoms with Gasteiger partial charge in [0.25, 0.3) is 0 Å². The Hall–Kier alpha value is -2.58. The molecule has 2 N–H and O–H groups in total. The van der Waals surface area contributed by atoms with Gasteiger partial charge in [-0.3, -0.25) is 9.59 Å². The molecule has 1 aromatic heterocycles. The Bertz CT molecular complexity index is 767. The van der Waals surface area contributed by atoms with E-state index in [-0.39, 0.29) is 17.8 Å². The maximum Gasteiger partial charge on any atom is 0.317 e. The van der Waals surface area contributed by atoms with Crippen molar-refractivity contribution in [1.29, 1.82) is 0 Å². The molecule has 0 aromatic carbocycles. The molecule has 0 saturated carbocycles. The highest BCUT2D eigenvalue weighted by Crippen LogP contribution is 2.42. The molecular formula is C18H26N6O3. The molecule has 0 aliphatic carbocycles. The van der Waals surface area contributed by atoms with Crippen LogP contribution < -0.4 is 5.32 Å². The largest absolute Gasteiger partial charge is 0.348 e. The van der Waals surface area contributed by atoms with Gasteiger partial charge in [0.2, 0.25) is 11.8 Å². The number of aromatic amines is 1. The van der Waals surface area contributed by atoms with E-state index < -0.39 is 11.6 Å². The Balaban J connectivity index is 1.53. The van der Waals surface area contributed by atoms with Crippen molar-refractivity contribution in [3.05, 3.63) is 17.7 Å². The number of imidazole rings is 1. The molecule has 2 saturated heterocycles. The van der Waals surface area contributed by atoms with Crippen molar-refractivity contribution in [2.24, 2.45) is 0 Å². The zero-order chi connectivity index (χ0) is 19.2. The standard InChI is InChI=1S/C18H26N6O3/c1-3-14(25)24-7-4-12-15(20-11-19-12)18(24)5-8-23(9-6-18)16(26)13-10-22(2)17(27)21-13/h11,13H,3-10H2,1-2H3,(H,19,20)(H,21,27)/t13-/m1/s1. The van der Waals surface area contributed by atoms with E-state index in [2.05, 4.69) is 15.3 Å². The molecular weight excluding hydrogens is 348 g/mol. The first-order valence-electron chi connectivity index (χ1n) is 9.60. The molecule has 27 heavy (non-hydrogen) atoms. The average molecular weight is 374 g/mol. The molecule has 9 heteroatoms. The zero-order valence-electron chi connectivity index (χ0n) is 15.8. The van der Waals surface area contributed by atoms with Crippen LogP contribution in [-0.2, 0) is 21.5 Å². The van der Waals surface area contributed by atoms with E-state index in [0.717, 1.165) is 17.8 Å². The third kappa shape index (κ3) is 2.76. The van der Waals surface area contributed by atoms with E-state index in [1.807, 2.05) is 16.7 Å². The Morgan fingerprint density at radius 3 is 2.67 bits per heavy atom. The number of nitrogens with zero attached hydrogens (tertiary/aromatic N) is 4. The fourth-order valence-electron chi connectivity index (χ4n) is 4.66. The van der Waals surface area contributed by atoms with Crippen LogP contribution in [0, 0.1) is 0 Å². The molecule has 0 bridgehead atoms. The van der Waals surface area contributed by atoms with Gasteiger partial charge in [0, 0.05) is 45.2 Å². The lowest BCUT2D eigenvalue weighted by atomic mass is 9.78. The van der Waals surface area contributed by atoms with Crippen LogP contribution in [0.25, 0.3) is 0 Å². The van der Waals surface area contributed by atoms with Crippen LogP contribution >= 0.6 is 0 Å². The molecule has 4 rings (SSSR count). The molecule has 9 nitrogen and oxygen atoms in total. The fraction of sp³-hybridized carbons (Fsp3) is 0.667. The van der Waals surface area contributed by atoms with E-state index in [4.69, 9.17) is 0 Å². The van der Waals surface area contributed by atoms with Gasteiger partial charge >= 0.3 is 6.03 Å². The number of likely N-dealkylation sites (tertiary alicyclic amines) is 1. The first-order valence-corrected chi connectivity index (χ1v) is 9.60. The number of hydrogen-bond acceptors (Lipinski definition) is 4. The number of rotatable bonds is 2. The second kappa shape index (κ2) is 6.54. The number of carbonyl (C=O) groups excluding carboxylic acids is 3. The maximum atomic E-state index is 12.8. The number of amides is 4. The summed E-state index contributed by atoms with van der Waals surface area (Å²) in [6.07, 6.45) is 4.28. The lowest BCUT2D eigenvalue weighted by Gasteiger charge is -2.50. The summed E-state index contributed by atoms with van der Waals surface area (Å²) in [5.74, 6) is 0.0853. The molecule has 3 aliphatic heterocycles. The van der Waals surface area contributed by atoms with Crippen molar-refractivity contribution in [2.45, 2.75) is 44.2 Å². The molecule has 146 valence electrons. The van der Waals surface area contributed by atoms with Crippen molar-refractivity contribution in [3.63, 3.8) is 0 Å². The molecule has 4 amide bonds. The first kappa shape index (κ1) is 17.8.